The van der Waals surface area contributed by atoms with Gasteiger partial charge in [-0.15, -0.1) is 0 Å². The molecule has 2 N–H and O–H groups in total. The molecular weight excluding hydrogens is 187 g/mol. The van der Waals surface area contributed by atoms with Crippen LogP contribution in [0.4, 0.5) is 0 Å². The first-order valence-electron chi connectivity index (χ1n) is 3.70. The van der Waals surface area contributed by atoms with Crippen LogP contribution >= 0.6 is 11.3 Å². The number of aromatic nitrogens is 2. The SMILES string of the molecule is OB(O)c1cnn(-c2ccsc2)c1. The molecular formula is C7H7BN2O2S. The fraction of sp³-hybridized carbons (Fsp3) is 0. The molecule has 0 spiro atoms. The van der Waals surface area contributed by atoms with Gasteiger partial charge >= 0.3 is 7.12 Å². The van der Waals surface area contributed by atoms with Crippen LogP contribution in [0.15, 0.2) is 29.2 Å². The monoisotopic (exact) mass is 194 g/mol. The second kappa shape index (κ2) is 3.33. The van der Waals surface area contributed by atoms with E-state index in [0.29, 0.717) is 5.46 Å². The van der Waals surface area contributed by atoms with Gasteiger partial charge in [0.25, 0.3) is 0 Å². The maximum atomic E-state index is 8.84. The molecule has 0 aliphatic carbocycles. The van der Waals surface area contributed by atoms with E-state index in [1.165, 1.54) is 6.20 Å². The zero-order valence-corrected chi connectivity index (χ0v) is 7.48. The van der Waals surface area contributed by atoms with Crippen molar-refractivity contribution in [2.75, 3.05) is 0 Å². The van der Waals surface area contributed by atoms with E-state index in [-0.39, 0.29) is 0 Å². The normalized spacial score (nSPS) is 10.3. The van der Waals surface area contributed by atoms with Crippen LogP contribution in [0.5, 0.6) is 0 Å². The summed E-state index contributed by atoms with van der Waals surface area (Å²) >= 11 is 1.57. The smallest absolute Gasteiger partial charge is 0.423 e. The second-order valence-corrected chi connectivity index (χ2v) is 3.35. The molecule has 0 saturated carbocycles. The lowest BCUT2D eigenvalue weighted by atomic mass is 9.83. The van der Waals surface area contributed by atoms with Crippen LogP contribution < -0.4 is 5.46 Å². The Morgan fingerprint density at radius 2 is 2.31 bits per heavy atom. The van der Waals surface area contributed by atoms with Crippen molar-refractivity contribution in [3.05, 3.63) is 29.2 Å². The molecule has 13 heavy (non-hydrogen) atoms. The van der Waals surface area contributed by atoms with Crippen molar-refractivity contribution in [2.24, 2.45) is 0 Å². The zero-order chi connectivity index (χ0) is 9.26. The van der Waals surface area contributed by atoms with Gasteiger partial charge in [0.15, 0.2) is 0 Å². The number of rotatable bonds is 2. The molecule has 2 heterocycles. The van der Waals surface area contributed by atoms with Crippen LogP contribution in [0.25, 0.3) is 5.69 Å². The first-order chi connectivity index (χ1) is 6.27. The lowest BCUT2D eigenvalue weighted by molar-refractivity contribution is 0.426. The average molecular weight is 194 g/mol. The summed E-state index contributed by atoms with van der Waals surface area (Å²) in [5.41, 5.74) is 1.32. The Kier molecular flexibility index (Phi) is 2.18. The standard InChI is InChI=1S/C7H7BN2O2S/c11-8(12)6-3-9-10(4-6)7-1-2-13-5-7/h1-5,11-12H. The van der Waals surface area contributed by atoms with Gasteiger partial charge < -0.3 is 10.0 Å². The van der Waals surface area contributed by atoms with Crippen molar-refractivity contribution in [1.29, 1.82) is 0 Å². The minimum absolute atomic E-state index is 0.395. The summed E-state index contributed by atoms with van der Waals surface area (Å²) in [6.45, 7) is 0. The van der Waals surface area contributed by atoms with Crippen LogP contribution in [0.3, 0.4) is 0 Å². The molecule has 0 aliphatic heterocycles. The second-order valence-electron chi connectivity index (χ2n) is 2.57. The third kappa shape index (κ3) is 1.64. The van der Waals surface area contributed by atoms with Crippen LogP contribution in [-0.4, -0.2) is 26.9 Å². The highest BCUT2D eigenvalue weighted by molar-refractivity contribution is 7.08. The number of thiophene rings is 1. The molecule has 0 bridgehead atoms. The van der Waals surface area contributed by atoms with Crippen molar-refractivity contribution >= 4 is 23.9 Å². The van der Waals surface area contributed by atoms with Gasteiger partial charge in [-0.05, 0) is 11.4 Å². The van der Waals surface area contributed by atoms with Crippen LogP contribution in [0, 0.1) is 0 Å². The van der Waals surface area contributed by atoms with Gasteiger partial charge in [-0.25, -0.2) is 4.68 Å². The van der Waals surface area contributed by atoms with Crippen molar-refractivity contribution in [2.45, 2.75) is 0 Å². The van der Waals surface area contributed by atoms with E-state index >= 15 is 0 Å². The molecule has 6 heteroatoms. The Hall–Kier alpha value is -1.11. The van der Waals surface area contributed by atoms with Gasteiger partial charge in [-0.3, -0.25) is 0 Å². The van der Waals surface area contributed by atoms with Gasteiger partial charge in [0.05, 0.1) is 5.69 Å². The predicted molar refractivity (Wildman–Crippen MR) is 51.3 cm³/mol. The first-order valence-corrected chi connectivity index (χ1v) is 4.65. The lowest BCUT2D eigenvalue weighted by Gasteiger charge is -1.94. The molecule has 0 unspecified atom stereocenters. The highest BCUT2D eigenvalue weighted by atomic mass is 32.1. The van der Waals surface area contributed by atoms with Gasteiger partial charge in [-0.2, -0.15) is 16.4 Å². The van der Waals surface area contributed by atoms with E-state index in [1.807, 2.05) is 16.8 Å². The van der Waals surface area contributed by atoms with Gasteiger partial charge in [0, 0.05) is 23.2 Å². The fourth-order valence-corrected chi connectivity index (χ4v) is 1.62. The van der Waals surface area contributed by atoms with E-state index in [1.54, 1.807) is 22.2 Å². The highest BCUT2D eigenvalue weighted by Crippen LogP contribution is 2.09. The minimum atomic E-state index is -1.45. The first kappa shape index (κ1) is 8.49. The highest BCUT2D eigenvalue weighted by Gasteiger charge is 2.13. The largest absolute Gasteiger partial charge is 0.491 e. The molecule has 2 aromatic heterocycles. The molecule has 0 fully saturated rings. The molecule has 2 aromatic rings. The summed E-state index contributed by atoms with van der Waals surface area (Å²) in [5.74, 6) is 0. The number of hydrogen-bond donors (Lipinski definition) is 2. The third-order valence-electron chi connectivity index (χ3n) is 1.67. The van der Waals surface area contributed by atoms with E-state index < -0.39 is 7.12 Å². The van der Waals surface area contributed by atoms with Gasteiger partial charge in [0.2, 0.25) is 0 Å². The quantitative estimate of drug-likeness (QED) is 0.640. The van der Waals surface area contributed by atoms with E-state index in [2.05, 4.69) is 5.10 Å². The summed E-state index contributed by atoms with van der Waals surface area (Å²) in [4.78, 5) is 0. The van der Waals surface area contributed by atoms with Crippen LogP contribution in [-0.2, 0) is 0 Å². The average Bonchev–Trinajstić information content (AvgIpc) is 2.75. The maximum Gasteiger partial charge on any atom is 0.491 e. The fourth-order valence-electron chi connectivity index (χ4n) is 0.999. The van der Waals surface area contributed by atoms with Crippen molar-refractivity contribution < 1.29 is 10.0 Å². The Balaban J connectivity index is 2.33. The van der Waals surface area contributed by atoms with Crippen molar-refractivity contribution in [1.82, 2.24) is 9.78 Å². The van der Waals surface area contributed by atoms with Crippen molar-refractivity contribution in [3.63, 3.8) is 0 Å². The van der Waals surface area contributed by atoms with Crippen molar-refractivity contribution in [3.8, 4) is 5.69 Å². The molecule has 4 nitrogen and oxygen atoms in total. The molecule has 0 atom stereocenters. The van der Waals surface area contributed by atoms with E-state index in [4.69, 9.17) is 10.0 Å². The minimum Gasteiger partial charge on any atom is -0.423 e. The molecule has 0 radical (unpaired) electrons. The molecule has 0 saturated heterocycles. The van der Waals surface area contributed by atoms with Crippen LogP contribution in [0.2, 0.25) is 0 Å². The van der Waals surface area contributed by atoms with E-state index in [9.17, 15) is 0 Å². The summed E-state index contributed by atoms with van der Waals surface area (Å²) in [5, 5.41) is 25.5. The molecule has 2 rings (SSSR count). The summed E-state index contributed by atoms with van der Waals surface area (Å²) in [7, 11) is -1.45. The van der Waals surface area contributed by atoms with E-state index in [0.717, 1.165) is 5.69 Å². The van der Waals surface area contributed by atoms with Crippen LogP contribution in [0.1, 0.15) is 0 Å². The molecule has 66 valence electrons. The van der Waals surface area contributed by atoms with Gasteiger partial charge in [-0.1, -0.05) is 0 Å². The number of nitrogens with zero attached hydrogens (tertiary/aromatic N) is 2. The number of hydrogen-bond acceptors (Lipinski definition) is 4. The maximum absolute atomic E-state index is 8.84. The Bertz CT molecular complexity index is 385. The summed E-state index contributed by atoms with van der Waals surface area (Å²) in [6.07, 6.45) is 3.02. The topological polar surface area (TPSA) is 58.3 Å². The summed E-state index contributed by atoms with van der Waals surface area (Å²) in [6, 6.07) is 1.91. The Labute approximate surface area is 79.2 Å². The molecule has 0 amide bonds. The molecule has 0 aliphatic rings. The summed E-state index contributed by atoms with van der Waals surface area (Å²) < 4.78 is 1.60. The third-order valence-corrected chi connectivity index (χ3v) is 2.34. The van der Waals surface area contributed by atoms with Gasteiger partial charge in [0.1, 0.15) is 0 Å². The predicted octanol–water partition coefficient (Wildman–Crippen LogP) is -0.386. The molecule has 0 aromatic carbocycles. The lowest BCUT2D eigenvalue weighted by Crippen LogP contribution is -2.28. The Morgan fingerprint density at radius 1 is 1.46 bits per heavy atom. The Morgan fingerprint density at radius 3 is 2.85 bits per heavy atom. The zero-order valence-electron chi connectivity index (χ0n) is 6.66.